The lowest BCUT2D eigenvalue weighted by Crippen LogP contribution is -2.31. The molecule has 0 bridgehead atoms. The third-order valence-corrected chi connectivity index (χ3v) is 6.50. The summed E-state index contributed by atoms with van der Waals surface area (Å²) in [6.45, 7) is 2.28. The third kappa shape index (κ3) is 5.16. The Morgan fingerprint density at radius 3 is 2.16 bits per heavy atom. The van der Waals surface area contributed by atoms with Gasteiger partial charge in [0.1, 0.15) is 17.3 Å². The molecule has 0 spiro atoms. The minimum atomic E-state index is -0.746. The highest BCUT2D eigenvalue weighted by Gasteiger charge is 2.46. The smallest absolute Gasteiger partial charge is 0.295 e. The maximum Gasteiger partial charge on any atom is 0.295 e. The highest BCUT2D eigenvalue weighted by molar-refractivity contribution is 6.46. The summed E-state index contributed by atoms with van der Waals surface area (Å²) in [7, 11) is 0. The number of rotatable bonds is 7. The van der Waals surface area contributed by atoms with E-state index in [2.05, 4.69) is 0 Å². The molecule has 1 atom stereocenters. The molecule has 1 unspecified atom stereocenters. The minimum Gasteiger partial charge on any atom is -0.507 e. The minimum absolute atomic E-state index is 0.0822. The number of aryl methyl sites for hydroxylation is 1. The van der Waals surface area contributed by atoms with E-state index in [1.165, 1.54) is 0 Å². The molecule has 184 valence electrons. The maximum absolute atomic E-state index is 13.3. The van der Waals surface area contributed by atoms with Crippen molar-refractivity contribution in [1.29, 1.82) is 0 Å². The fourth-order valence-corrected chi connectivity index (χ4v) is 4.59. The van der Waals surface area contributed by atoms with Gasteiger partial charge in [-0.05, 0) is 48.7 Å². The highest BCUT2D eigenvalue weighted by Crippen LogP contribution is 2.40. The summed E-state index contributed by atoms with van der Waals surface area (Å²) in [6.07, 6.45) is 0.579. The molecule has 1 fully saturated rings. The molecular weight excluding hydrogens is 462 g/mol. The van der Waals surface area contributed by atoms with Gasteiger partial charge in [0.15, 0.2) is 0 Å². The first kappa shape index (κ1) is 24.1. The van der Waals surface area contributed by atoms with Crippen LogP contribution >= 0.6 is 0 Å². The maximum atomic E-state index is 13.3. The van der Waals surface area contributed by atoms with Gasteiger partial charge in [-0.1, -0.05) is 90.5 Å². The number of benzene rings is 4. The van der Waals surface area contributed by atoms with Gasteiger partial charge in [0.2, 0.25) is 0 Å². The quantitative estimate of drug-likeness (QED) is 0.184. The van der Waals surface area contributed by atoms with E-state index in [4.69, 9.17) is 4.74 Å². The predicted molar refractivity (Wildman–Crippen MR) is 143 cm³/mol. The predicted octanol–water partition coefficient (Wildman–Crippen LogP) is 6.45. The van der Waals surface area contributed by atoms with Crippen molar-refractivity contribution in [3.8, 4) is 11.5 Å². The van der Waals surface area contributed by atoms with Crippen LogP contribution in [0.3, 0.4) is 0 Å². The normalized spacial score (nSPS) is 16.7. The van der Waals surface area contributed by atoms with Gasteiger partial charge >= 0.3 is 0 Å². The zero-order chi connectivity index (χ0) is 25.8. The third-order valence-electron chi connectivity index (χ3n) is 6.50. The molecule has 0 radical (unpaired) electrons. The van der Waals surface area contributed by atoms with Crippen LogP contribution in [-0.2, 0) is 16.0 Å². The molecular formula is C32H27NO4. The van der Waals surface area contributed by atoms with Crippen LogP contribution in [0.1, 0.15) is 28.3 Å². The number of hydrogen-bond donors (Lipinski definition) is 1. The molecule has 1 saturated heterocycles. The lowest BCUT2D eigenvalue weighted by molar-refractivity contribution is -0.139. The summed E-state index contributed by atoms with van der Waals surface area (Å²) < 4.78 is 6.02. The molecule has 5 heteroatoms. The highest BCUT2D eigenvalue weighted by atomic mass is 16.5. The largest absolute Gasteiger partial charge is 0.507 e. The second-order valence-corrected chi connectivity index (χ2v) is 9.08. The summed E-state index contributed by atoms with van der Waals surface area (Å²) in [5.74, 6) is -0.237. The van der Waals surface area contributed by atoms with E-state index >= 15 is 0 Å². The molecule has 1 amide bonds. The van der Waals surface area contributed by atoms with Crippen LogP contribution in [0.2, 0.25) is 0 Å². The molecule has 5 nitrogen and oxygen atoms in total. The first-order chi connectivity index (χ1) is 18.0. The summed E-state index contributed by atoms with van der Waals surface area (Å²) in [4.78, 5) is 28.2. The van der Waals surface area contributed by atoms with E-state index < -0.39 is 17.7 Å². The molecule has 1 aliphatic heterocycles. The van der Waals surface area contributed by atoms with Crippen LogP contribution in [0, 0.1) is 6.92 Å². The number of aliphatic hydroxyl groups is 1. The SMILES string of the molecule is Cc1ccc(C(O)=C2C(=O)C(=O)N(CCc3ccccc3)C2c2cccc(Oc3ccccc3)c2)cc1. The first-order valence-corrected chi connectivity index (χ1v) is 12.2. The molecule has 0 aliphatic carbocycles. The fourth-order valence-electron chi connectivity index (χ4n) is 4.59. The zero-order valence-electron chi connectivity index (χ0n) is 20.5. The lowest BCUT2D eigenvalue weighted by Gasteiger charge is -2.26. The Kier molecular flexibility index (Phi) is 6.86. The summed E-state index contributed by atoms with van der Waals surface area (Å²) in [5.41, 5.74) is 3.35. The van der Waals surface area contributed by atoms with Crippen molar-refractivity contribution < 1.29 is 19.4 Å². The van der Waals surface area contributed by atoms with Crippen LogP contribution < -0.4 is 4.74 Å². The Morgan fingerprint density at radius 1 is 0.811 bits per heavy atom. The number of para-hydroxylation sites is 1. The van der Waals surface area contributed by atoms with Gasteiger partial charge in [-0.2, -0.15) is 0 Å². The summed E-state index contributed by atoms with van der Waals surface area (Å²) >= 11 is 0. The Labute approximate surface area is 216 Å². The van der Waals surface area contributed by atoms with Gasteiger partial charge in [-0.25, -0.2) is 0 Å². The molecule has 0 saturated carbocycles. The van der Waals surface area contributed by atoms with Gasteiger partial charge < -0.3 is 14.7 Å². The van der Waals surface area contributed by atoms with Crippen molar-refractivity contribution in [3.63, 3.8) is 0 Å². The molecule has 0 aromatic heterocycles. The number of nitrogens with zero attached hydrogens (tertiary/aromatic N) is 1. The van der Waals surface area contributed by atoms with Crippen LogP contribution in [-0.4, -0.2) is 28.2 Å². The molecule has 1 heterocycles. The number of ether oxygens (including phenoxy) is 1. The van der Waals surface area contributed by atoms with Crippen molar-refractivity contribution in [1.82, 2.24) is 4.90 Å². The summed E-state index contributed by atoms with van der Waals surface area (Å²) in [5, 5.41) is 11.3. The molecule has 1 N–H and O–H groups in total. The van der Waals surface area contributed by atoms with Crippen molar-refractivity contribution in [2.45, 2.75) is 19.4 Å². The number of likely N-dealkylation sites (tertiary alicyclic amines) is 1. The van der Waals surface area contributed by atoms with Crippen molar-refractivity contribution >= 4 is 17.4 Å². The Morgan fingerprint density at radius 2 is 1.46 bits per heavy atom. The van der Waals surface area contributed by atoms with Gasteiger partial charge in [0, 0.05) is 12.1 Å². The topological polar surface area (TPSA) is 66.8 Å². The molecule has 5 rings (SSSR count). The van der Waals surface area contributed by atoms with Crippen LogP contribution in [0.4, 0.5) is 0 Å². The van der Waals surface area contributed by atoms with Crippen molar-refractivity contribution in [3.05, 3.63) is 137 Å². The van der Waals surface area contributed by atoms with E-state index in [-0.39, 0.29) is 11.3 Å². The number of carbonyl (C=O) groups excluding carboxylic acids is 2. The van der Waals surface area contributed by atoms with Gasteiger partial charge in [0.25, 0.3) is 11.7 Å². The Hall–Kier alpha value is -4.64. The number of hydrogen-bond acceptors (Lipinski definition) is 4. The van der Waals surface area contributed by atoms with Gasteiger partial charge in [-0.15, -0.1) is 0 Å². The number of ketones is 1. The van der Waals surface area contributed by atoms with Gasteiger partial charge in [0.05, 0.1) is 11.6 Å². The van der Waals surface area contributed by atoms with Gasteiger partial charge in [-0.3, -0.25) is 9.59 Å². The van der Waals surface area contributed by atoms with Crippen molar-refractivity contribution in [2.24, 2.45) is 0 Å². The van der Waals surface area contributed by atoms with E-state index in [1.807, 2.05) is 104 Å². The Bertz CT molecular complexity index is 1440. The van der Waals surface area contributed by atoms with E-state index in [1.54, 1.807) is 17.0 Å². The lowest BCUT2D eigenvalue weighted by atomic mass is 9.94. The van der Waals surface area contributed by atoms with Crippen LogP contribution in [0.15, 0.2) is 115 Å². The van der Waals surface area contributed by atoms with Crippen molar-refractivity contribution in [2.75, 3.05) is 6.54 Å². The average molecular weight is 490 g/mol. The number of aliphatic hydroxyl groups excluding tert-OH is 1. The fraction of sp³-hybridized carbons (Fsp3) is 0.125. The number of amides is 1. The second kappa shape index (κ2) is 10.5. The monoisotopic (exact) mass is 489 g/mol. The van der Waals surface area contributed by atoms with E-state index in [9.17, 15) is 14.7 Å². The van der Waals surface area contributed by atoms with E-state index in [0.717, 1.165) is 11.1 Å². The Balaban J connectivity index is 1.56. The molecule has 4 aromatic carbocycles. The summed E-state index contributed by atoms with van der Waals surface area (Å²) in [6, 6.07) is 33.1. The number of Topliss-reactive ketones (excluding diaryl/α,β-unsaturated/α-hetero) is 1. The first-order valence-electron chi connectivity index (χ1n) is 12.2. The van der Waals surface area contributed by atoms with E-state index in [0.29, 0.717) is 35.6 Å². The second-order valence-electron chi connectivity index (χ2n) is 9.08. The van der Waals surface area contributed by atoms with Crippen LogP contribution in [0.5, 0.6) is 11.5 Å². The molecule has 1 aliphatic rings. The standard InChI is InChI=1S/C32H27NO4/c1-22-15-17-24(18-16-22)30(34)28-29(25-11-8-14-27(21-25)37-26-12-6-3-7-13-26)33(32(36)31(28)35)20-19-23-9-4-2-5-10-23/h2-18,21,29,34H,19-20H2,1H3. The van der Waals surface area contributed by atoms with Crippen LogP contribution in [0.25, 0.3) is 5.76 Å². The molecule has 4 aromatic rings. The molecule has 37 heavy (non-hydrogen) atoms. The average Bonchev–Trinajstić information content (AvgIpc) is 3.18. The number of carbonyl (C=O) groups is 2. The zero-order valence-corrected chi connectivity index (χ0v) is 20.5.